The van der Waals surface area contributed by atoms with E-state index in [-0.39, 0.29) is 12.1 Å². The van der Waals surface area contributed by atoms with E-state index in [1.165, 1.54) is 12.3 Å². The van der Waals surface area contributed by atoms with Crippen molar-refractivity contribution in [3.63, 3.8) is 0 Å². The zero-order chi connectivity index (χ0) is 9.84. The molecule has 1 heterocycles. The number of rotatable bonds is 3. The lowest BCUT2D eigenvalue weighted by atomic mass is 10.1. The second kappa shape index (κ2) is 3.75. The van der Waals surface area contributed by atoms with Crippen molar-refractivity contribution in [3.05, 3.63) is 33.6 Å². The van der Waals surface area contributed by atoms with Gasteiger partial charge in [0, 0.05) is 18.2 Å². The molecule has 1 aromatic rings. The number of carbonyl (C=O) groups excluding carboxylic acids is 1. The van der Waals surface area contributed by atoms with Gasteiger partial charge < -0.3 is 4.79 Å². The molecule has 68 valence electrons. The lowest BCUT2D eigenvalue weighted by Gasteiger charge is -1.99. The molecule has 1 rings (SSSR count). The van der Waals surface area contributed by atoms with Gasteiger partial charge in [-0.1, -0.05) is 0 Å². The number of hydrogen-bond donors (Lipinski definition) is 0. The first-order chi connectivity index (χ1) is 6.15. The van der Waals surface area contributed by atoms with Crippen molar-refractivity contribution in [2.24, 2.45) is 0 Å². The van der Waals surface area contributed by atoms with Crippen LogP contribution in [-0.2, 0) is 11.2 Å². The second-order valence-corrected chi connectivity index (χ2v) is 2.57. The van der Waals surface area contributed by atoms with Crippen LogP contribution < -0.4 is 0 Å². The Kier molecular flexibility index (Phi) is 2.69. The summed E-state index contributed by atoms with van der Waals surface area (Å²) in [7, 11) is 0. The fraction of sp³-hybridized carbons (Fsp3) is 0.250. The number of aromatic nitrogens is 1. The van der Waals surface area contributed by atoms with Gasteiger partial charge in [-0.05, 0) is 12.5 Å². The zero-order valence-corrected chi connectivity index (χ0v) is 7.06. The van der Waals surface area contributed by atoms with E-state index in [0.29, 0.717) is 17.5 Å². The molecule has 0 bridgehead atoms. The molecule has 0 fully saturated rings. The van der Waals surface area contributed by atoms with E-state index < -0.39 is 4.92 Å². The van der Waals surface area contributed by atoms with Crippen LogP contribution in [0, 0.1) is 17.0 Å². The van der Waals surface area contributed by atoms with Gasteiger partial charge in [0.1, 0.15) is 12.5 Å². The van der Waals surface area contributed by atoms with Gasteiger partial charge in [0.2, 0.25) is 0 Å². The summed E-state index contributed by atoms with van der Waals surface area (Å²) < 4.78 is 0. The third kappa shape index (κ3) is 2.08. The summed E-state index contributed by atoms with van der Waals surface area (Å²) >= 11 is 0. The zero-order valence-electron chi connectivity index (χ0n) is 7.06. The molecule has 0 saturated carbocycles. The lowest BCUT2D eigenvalue weighted by Crippen LogP contribution is -1.97. The van der Waals surface area contributed by atoms with Gasteiger partial charge in [-0.15, -0.1) is 0 Å². The molecule has 0 aromatic carbocycles. The number of nitrogens with zero attached hydrogens (tertiary/aromatic N) is 2. The quantitative estimate of drug-likeness (QED) is 0.395. The molecular weight excluding hydrogens is 172 g/mol. The van der Waals surface area contributed by atoms with Gasteiger partial charge in [0.05, 0.1) is 4.92 Å². The molecule has 5 heteroatoms. The minimum Gasteiger partial charge on any atom is -0.303 e. The Bertz CT molecular complexity index is 349. The van der Waals surface area contributed by atoms with Crippen LogP contribution in [0.25, 0.3) is 0 Å². The van der Waals surface area contributed by atoms with E-state index >= 15 is 0 Å². The van der Waals surface area contributed by atoms with Gasteiger partial charge in [0.15, 0.2) is 0 Å². The van der Waals surface area contributed by atoms with Crippen LogP contribution in [0.2, 0.25) is 0 Å². The van der Waals surface area contributed by atoms with Crippen molar-refractivity contribution >= 4 is 12.0 Å². The maximum Gasteiger partial charge on any atom is 0.287 e. The molecule has 13 heavy (non-hydrogen) atoms. The van der Waals surface area contributed by atoms with Crippen LogP contribution >= 0.6 is 0 Å². The number of pyridine rings is 1. The van der Waals surface area contributed by atoms with Crippen LogP contribution in [-0.4, -0.2) is 16.2 Å². The standard InChI is InChI=1S/C8H8N2O3/c1-6-7(2-3-11)4-8(5-9-6)10(12)13/h3-5H,2H2,1H3. The van der Waals surface area contributed by atoms with Crippen molar-refractivity contribution in [2.75, 3.05) is 0 Å². The molecule has 0 radical (unpaired) electrons. The van der Waals surface area contributed by atoms with E-state index in [1.807, 2.05) is 0 Å². The summed E-state index contributed by atoms with van der Waals surface area (Å²) in [5.74, 6) is 0. The molecule has 1 aromatic heterocycles. The van der Waals surface area contributed by atoms with Crippen LogP contribution in [0.4, 0.5) is 5.69 Å². The van der Waals surface area contributed by atoms with Gasteiger partial charge in [-0.2, -0.15) is 0 Å². The highest BCUT2D eigenvalue weighted by atomic mass is 16.6. The first-order valence-electron chi connectivity index (χ1n) is 3.68. The summed E-state index contributed by atoms with van der Waals surface area (Å²) in [6, 6.07) is 1.37. The highest BCUT2D eigenvalue weighted by Gasteiger charge is 2.08. The van der Waals surface area contributed by atoms with E-state index in [0.717, 1.165) is 0 Å². The number of hydrogen-bond acceptors (Lipinski definition) is 4. The Labute approximate surface area is 74.6 Å². The van der Waals surface area contributed by atoms with Crippen LogP contribution in [0.5, 0.6) is 0 Å². The SMILES string of the molecule is Cc1ncc([N+](=O)[O-])cc1CC=O. The third-order valence-electron chi connectivity index (χ3n) is 1.69. The maximum absolute atomic E-state index is 10.3. The average Bonchev–Trinajstić information content (AvgIpc) is 2.08. The molecule has 0 amide bonds. The van der Waals surface area contributed by atoms with Crippen LogP contribution in [0.1, 0.15) is 11.3 Å². The number of carbonyl (C=O) groups is 1. The number of aldehydes is 1. The minimum absolute atomic E-state index is 0.0811. The molecule has 0 aliphatic heterocycles. The van der Waals surface area contributed by atoms with Gasteiger partial charge >= 0.3 is 0 Å². The Hall–Kier alpha value is -1.78. The topological polar surface area (TPSA) is 73.1 Å². The minimum atomic E-state index is -0.527. The van der Waals surface area contributed by atoms with E-state index in [4.69, 9.17) is 0 Å². The predicted octanol–water partition coefficient (Wildman–Crippen LogP) is 1.04. The molecule has 0 atom stereocenters. The van der Waals surface area contributed by atoms with Crippen molar-refractivity contribution < 1.29 is 9.72 Å². The molecule has 0 N–H and O–H groups in total. The van der Waals surface area contributed by atoms with Crippen molar-refractivity contribution in [1.29, 1.82) is 0 Å². The smallest absolute Gasteiger partial charge is 0.287 e. The lowest BCUT2D eigenvalue weighted by molar-refractivity contribution is -0.385. The van der Waals surface area contributed by atoms with E-state index in [9.17, 15) is 14.9 Å². The summed E-state index contributed by atoms with van der Waals surface area (Å²) in [5, 5.41) is 10.3. The van der Waals surface area contributed by atoms with Gasteiger partial charge in [-0.25, -0.2) is 0 Å². The van der Waals surface area contributed by atoms with Crippen LogP contribution in [0.15, 0.2) is 12.3 Å². The Balaban J connectivity index is 3.10. The first-order valence-corrected chi connectivity index (χ1v) is 3.68. The van der Waals surface area contributed by atoms with Crippen molar-refractivity contribution in [3.8, 4) is 0 Å². The predicted molar refractivity (Wildman–Crippen MR) is 45.4 cm³/mol. The highest BCUT2D eigenvalue weighted by molar-refractivity contribution is 5.56. The van der Waals surface area contributed by atoms with Crippen molar-refractivity contribution in [1.82, 2.24) is 4.98 Å². The summed E-state index contributed by atoms with van der Waals surface area (Å²) in [6.07, 6.45) is 2.05. The van der Waals surface area contributed by atoms with Crippen molar-refractivity contribution in [2.45, 2.75) is 13.3 Å². The molecule has 0 aliphatic carbocycles. The fourth-order valence-corrected chi connectivity index (χ4v) is 0.962. The van der Waals surface area contributed by atoms with E-state index in [2.05, 4.69) is 4.98 Å². The Morgan fingerprint density at radius 3 is 2.92 bits per heavy atom. The Morgan fingerprint density at radius 2 is 2.38 bits per heavy atom. The van der Waals surface area contributed by atoms with Crippen LogP contribution in [0.3, 0.4) is 0 Å². The summed E-state index contributed by atoms with van der Waals surface area (Å²) in [4.78, 5) is 23.8. The average molecular weight is 180 g/mol. The molecule has 0 saturated heterocycles. The molecule has 0 aliphatic rings. The van der Waals surface area contributed by atoms with Gasteiger partial charge in [0.25, 0.3) is 5.69 Å². The van der Waals surface area contributed by atoms with Gasteiger partial charge in [-0.3, -0.25) is 15.1 Å². The summed E-state index contributed by atoms with van der Waals surface area (Å²) in [6.45, 7) is 1.71. The number of nitro groups is 1. The molecule has 0 unspecified atom stereocenters. The third-order valence-corrected chi connectivity index (χ3v) is 1.69. The number of aryl methyl sites for hydroxylation is 1. The molecule has 0 spiro atoms. The fourth-order valence-electron chi connectivity index (χ4n) is 0.962. The maximum atomic E-state index is 10.3. The first kappa shape index (κ1) is 9.31. The van der Waals surface area contributed by atoms with E-state index in [1.54, 1.807) is 6.92 Å². The highest BCUT2D eigenvalue weighted by Crippen LogP contribution is 2.14. The second-order valence-electron chi connectivity index (χ2n) is 2.57. The molecule has 5 nitrogen and oxygen atoms in total. The largest absolute Gasteiger partial charge is 0.303 e. The monoisotopic (exact) mass is 180 g/mol. The summed E-state index contributed by atoms with van der Waals surface area (Å²) in [5.41, 5.74) is 1.17. The molecular formula is C8H8N2O3. The Morgan fingerprint density at radius 1 is 1.69 bits per heavy atom. The normalized spacial score (nSPS) is 9.62.